The molecule has 0 unspecified atom stereocenters. The summed E-state index contributed by atoms with van der Waals surface area (Å²) in [5, 5.41) is 8.64. The van der Waals surface area contributed by atoms with Gasteiger partial charge in [-0.1, -0.05) is 0 Å². The molecule has 0 radical (unpaired) electrons. The molecule has 5 nitrogen and oxygen atoms in total. The lowest BCUT2D eigenvalue weighted by molar-refractivity contribution is 0.207. The van der Waals surface area contributed by atoms with E-state index in [2.05, 4.69) is 36.4 Å². The number of imidazole rings is 1. The van der Waals surface area contributed by atoms with Gasteiger partial charge in [-0.25, -0.2) is 4.98 Å². The fourth-order valence-corrected chi connectivity index (χ4v) is 3.50. The fraction of sp³-hybridized carbons (Fsp3) is 0.333. The Bertz CT molecular complexity index is 699. The van der Waals surface area contributed by atoms with Gasteiger partial charge >= 0.3 is 0 Å². The number of aromatic nitrogens is 4. The van der Waals surface area contributed by atoms with Crippen molar-refractivity contribution in [1.29, 1.82) is 0 Å². The monoisotopic (exact) mass is 299 g/mol. The van der Waals surface area contributed by atoms with Crippen LogP contribution in [-0.4, -0.2) is 30.8 Å². The summed E-state index contributed by atoms with van der Waals surface area (Å²) in [6.07, 6.45) is 5.80. The first-order valence-electron chi connectivity index (χ1n) is 7.12. The van der Waals surface area contributed by atoms with Crippen molar-refractivity contribution in [1.82, 2.24) is 24.2 Å². The molecule has 4 heterocycles. The Labute approximate surface area is 127 Å². The van der Waals surface area contributed by atoms with Crippen LogP contribution in [-0.2, 0) is 26.2 Å². The molecule has 4 rings (SSSR count). The van der Waals surface area contributed by atoms with Crippen LogP contribution in [0.2, 0.25) is 0 Å². The van der Waals surface area contributed by atoms with E-state index in [-0.39, 0.29) is 0 Å². The van der Waals surface area contributed by atoms with E-state index in [1.165, 1.54) is 17.1 Å². The molecule has 0 saturated carbocycles. The molecule has 3 aromatic heterocycles. The van der Waals surface area contributed by atoms with Gasteiger partial charge in [0.15, 0.2) is 0 Å². The molecule has 0 amide bonds. The Morgan fingerprint density at radius 3 is 3.05 bits per heavy atom. The standard InChI is InChI=1S/C15H17N5S/c1-3-17-19(4-1)10-14-8-16-15-11-18(5-6-20(14)15)9-13-2-7-21-12-13/h1-4,7-8,12H,5-6,9-11H2. The van der Waals surface area contributed by atoms with Crippen molar-refractivity contribution in [3.05, 3.63) is 58.6 Å². The topological polar surface area (TPSA) is 38.9 Å². The highest BCUT2D eigenvalue weighted by molar-refractivity contribution is 7.07. The minimum absolute atomic E-state index is 0.796. The van der Waals surface area contributed by atoms with Crippen LogP contribution in [0.4, 0.5) is 0 Å². The van der Waals surface area contributed by atoms with Crippen molar-refractivity contribution in [2.24, 2.45) is 0 Å². The smallest absolute Gasteiger partial charge is 0.123 e. The molecule has 1 aliphatic heterocycles. The first-order valence-corrected chi connectivity index (χ1v) is 8.07. The largest absolute Gasteiger partial charge is 0.328 e. The quantitative estimate of drug-likeness (QED) is 0.741. The Morgan fingerprint density at radius 1 is 1.24 bits per heavy atom. The maximum Gasteiger partial charge on any atom is 0.123 e. The molecule has 108 valence electrons. The molecule has 0 fully saturated rings. The maximum absolute atomic E-state index is 4.60. The second-order valence-corrected chi connectivity index (χ2v) is 6.14. The number of thiophene rings is 1. The van der Waals surface area contributed by atoms with E-state index in [0.717, 1.165) is 32.7 Å². The van der Waals surface area contributed by atoms with Gasteiger partial charge in [0.05, 0.1) is 25.0 Å². The lowest BCUT2D eigenvalue weighted by Crippen LogP contribution is -2.34. The van der Waals surface area contributed by atoms with Gasteiger partial charge in [0, 0.05) is 32.0 Å². The van der Waals surface area contributed by atoms with Gasteiger partial charge in [-0.05, 0) is 28.5 Å². The highest BCUT2D eigenvalue weighted by atomic mass is 32.1. The Morgan fingerprint density at radius 2 is 2.24 bits per heavy atom. The summed E-state index contributed by atoms with van der Waals surface area (Å²) >= 11 is 1.76. The molecule has 0 atom stereocenters. The van der Waals surface area contributed by atoms with E-state index < -0.39 is 0 Å². The van der Waals surface area contributed by atoms with Crippen molar-refractivity contribution >= 4 is 11.3 Å². The van der Waals surface area contributed by atoms with Gasteiger partial charge in [-0.3, -0.25) is 9.58 Å². The molecule has 3 aromatic rings. The van der Waals surface area contributed by atoms with Crippen LogP contribution >= 0.6 is 11.3 Å². The van der Waals surface area contributed by atoms with Crippen LogP contribution < -0.4 is 0 Å². The zero-order valence-corrected chi connectivity index (χ0v) is 12.5. The summed E-state index contributed by atoms with van der Waals surface area (Å²) in [4.78, 5) is 7.06. The molecule has 0 N–H and O–H groups in total. The van der Waals surface area contributed by atoms with E-state index in [0.29, 0.717) is 0 Å². The van der Waals surface area contributed by atoms with E-state index in [1.54, 1.807) is 11.3 Å². The number of hydrogen-bond acceptors (Lipinski definition) is 4. The normalized spacial score (nSPS) is 15.2. The third kappa shape index (κ3) is 2.64. The zero-order chi connectivity index (χ0) is 14.1. The molecule has 0 saturated heterocycles. The minimum Gasteiger partial charge on any atom is -0.328 e. The van der Waals surface area contributed by atoms with Crippen molar-refractivity contribution in [3.8, 4) is 0 Å². The predicted molar refractivity (Wildman–Crippen MR) is 82.0 cm³/mol. The van der Waals surface area contributed by atoms with Gasteiger partial charge in [0.2, 0.25) is 0 Å². The summed E-state index contributed by atoms with van der Waals surface area (Å²) in [5.74, 6) is 1.17. The lowest BCUT2D eigenvalue weighted by Gasteiger charge is -2.28. The number of rotatable bonds is 4. The van der Waals surface area contributed by atoms with Crippen molar-refractivity contribution in [2.45, 2.75) is 26.2 Å². The highest BCUT2D eigenvalue weighted by Gasteiger charge is 2.20. The molecular weight excluding hydrogens is 282 g/mol. The van der Waals surface area contributed by atoms with Crippen molar-refractivity contribution in [2.75, 3.05) is 6.54 Å². The summed E-state index contributed by atoms with van der Waals surface area (Å²) in [6.45, 7) is 4.83. The van der Waals surface area contributed by atoms with Gasteiger partial charge in [-0.15, -0.1) is 0 Å². The molecule has 0 aliphatic carbocycles. The van der Waals surface area contributed by atoms with Gasteiger partial charge in [-0.2, -0.15) is 16.4 Å². The van der Waals surface area contributed by atoms with Crippen molar-refractivity contribution in [3.63, 3.8) is 0 Å². The zero-order valence-electron chi connectivity index (χ0n) is 11.7. The third-order valence-electron chi connectivity index (χ3n) is 3.90. The van der Waals surface area contributed by atoms with Crippen molar-refractivity contribution < 1.29 is 0 Å². The predicted octanol–water partition coefficient (Wildman–Crippen LogP) is 2.21. The van der Waals surface area contributed by atoms with E-state index >= 15 is 0 Å². The third-order valence-corrected chi connectivity index (χ3v) is 4.63. The molecule has 6 heteroatoms. The average Bonchev–Trinajstić information content (AvgIpc) is 3.22. The molecule has 0 bridgehead atoms. The Hall–Kier alpha value is -1.92. The van der Waals surface area contributed by atoms with Gasteiger partial charge in [0.1, 0.15) is 5.82 Å². The lowest BCUT2D eigenvalue weighted by atomic mass is 10.2. The SMILES string of the molecule is c1cnn(Cc2cnc3n2CCN(Cc2ccsc2)C3)c1. The minimum atomic E-state index is 0.796. The summed E-state index contributed by atoms with van der Waals surface area (Å²) < 4.78 is 4.29. The maximum atomic E-state index is 4.60. The number of fused-ring (bicyclic) bond motifs is 1. The molecule has 21 heavy (non-hydrogen) atoms. The second kappa shape index (κ2) is 5.46. The molecular formula is C15H17N5S. The second-order valence-electron chi connectivity index (χ2n) is 5.36. The van der Waals surface area contributed by atoms with Gasteiger partial charge < -0.3 is 4.57 Å². The van der Waals surface area contributed by atoms with E-state index in [1.807, 2.05) is 29.3 Å². The van der Waals surface area contributed by atoms with Crippen LogP contribution in [0.1, 0.15) is 17.1 Å². The van der Waals surface area contributed by atoms with Crippen LogP contribution in [0, 0.1) is 0 Å². The van der Waals surface area contributed by atoms with E-state index in [9.17, 15) is 0 Å². The van der Waals surface area contributed by atoms with E-state index in [4.69, 9.17) is 0 Å². The highest BCUT2D eigenvalue weighted by Crippen LogP contribution is 2.18. The van der Waals surface area contributed by atoms with Gasteiger partial charge in [0.25, 0.3) is 0 Å². The number of hydrogen-bond donors (Lipinski definition) is 0. The number of nitrogens with zero attached hydrogens (tertiary/aromatic N) is 5. The molecule has 1 aliphatic rings. The Kier molecular flexibility index (Phi) is 3.33. The first-order chi connectivity index (χ1) is 10.4. The summed E-state index contributed by atoms with van der Waals surface area (Å²) in [7, 11) is 0. The summed E-state index contributed by atoms with van der Waals surface area (Å²) in [5.41, 5.74) is 2.64. The summed E-state index contributed by atoms with van der Waals surface area (Å²) in [6, 6.07) is 4.16. The van der Waals surface area contributed by atoms with Crippen LogP contribution in [0.25, 0.3) is 0 Å². The van der Waals surface area contributed by atoms with Crippen LogP contribution in [0.15, 0.2) is 41.5 Å². The van der Waals surface area contributed by atoms with Crippen LogP contribution in [0.5, 0.6) is 0 Å². The Balaban J connectivity index is 1.48. The van der Waals surface area contributed by atoms with Crippen LogP contribution in [0.3, 0.4) is 0 Å². The first kappa shape index (κ1) is 12.8. The molecule has 0 spiro atoms. The average molecular weight is 299 g/mol. The fourth-order valence-electron chi connectivity index (χ4n) is 2.84. The molecule has 0 aromatic carbocycles.